The zero-order valence-corrected chi connectivity index (χ0v) is 39.7. The molecule has 0 aromatic heterocycles. The highest BCUT2D eigenvalue weighted by atomic mass is 35.5. The second-order valence-electron chi connectivity index (χ2n) is 19.5. The monoisotopic (exact) mass is 962 g/mol. The number of rotatable bonds is 9. The van der Waals surface area contributed by atoms with E-state index < -0.39 is 41.0 Å². The number of fused-ring (bicyclic) bond motifs is 3. The Balaban J connectivity index is 0.912. The first-order chi connectivity index (χ1) is 32.6. The fourth-order valence-corrected chi connectivity index (χ4v) is 11.2. The molecule has 5 aliphatic rings. The van der Waals surface area contributed by atoms with E-state index in [1.165, 1.54) is 18.1 Å². The summed E-state index contributed by atoms with van der Waals surface area (Å²) >= 11 is 12.9. The Bertz CT molecular complexity index is 2790. The fourth-order valence-electron chi connectivity index (χ4n) is 10.8. The van der Waals surface area contributed by atoms with Crippen LogP contribution in [0.1, 0.15) is 95.3 Å². The van der Waals surface area contributed by atoms with Crippen molar-refractivity contribution in [1.29, 1.82) is 0 Å². The summed E-state index contributed by atoms with van der Waals surface area (Å²) in [7, 11) is 1.46. The van der Waals surface area contributed by atoms with Crippen molar-refractivity contribution >= 4 is 64.1 Å². The molecule has 5 heterocycles. The Morgan fingerprint density at radius 1 is 1.03 bits per heavy atom. The van der Waals surface area contributed by atoms with Gasteiger partial charge in [0.05, 0.1) is 30.5 Å². The highest BCUT2D eigenvalue weighted by Crippen LogP contribution is 2.57. The van der Waals surface area contributed by atoms with E-state index in [-0.39, 0.29) is 77.7 Å². The van der Waals surface area contributed by atoms with Crippen molar-refractivity contribution in [2.75, 3.05) is 44.0 Å². The average molecular weight is 964 g/mol. The molecule has 13 nitrogen and oxygen atoms in total. The van der Waals surface area contributed by atoms with Gasteiger partial charge >= 0.3 is 0 Å². The number of piperidine rings is 1. The van der Waals surface area contributed by atoms with E-state index in [9.17, 15) is 24.0 Å². The fraction of sp³-hybridized carbons (Fsp3) is 0.404. The molecule has 4 aromatic rings. The van der Waals surface area contributed by atoms with Crippen molar-refractivity contribution in [3.8, 4) is 17.6 Å². The van der Waals surface area contributed by atoms with Gasteiger partial charge in [0.1, 0.15) is 17.6 Å². The lowest BCUT2D eigenvalue weighted by Gasteiger charge is -2.39. The highest BCUT2D eigenvalue weighted by Gasteiger charge is 2.61. The molecule has 0 radical (unpaired) electrons. The van der Waals surface area contributed by atoms with Crippen LogP contribution in [0.3, 0.4) is 0 Å². The van der Waals surface area contributed by atoms with Crippen LogP contribution in [0.25, 0.3) is 0 Å². The van der Waals surface area contributed by atoms with E-state index >= 15 is 4.39 Å². The molecule has 3 fully saturated rings. The quantitative estimate of drug-likeness (QED) is 0.0862. The van der Waals surface area contributed by atoms with Crippen LogP contribution in [0.2, 0.25) is 10.0 Å². The van der Waals surface area contributed by atoms with E-state index in [0.29, 0.717) is 65.6 Å². The Morgan fingerprint density at radius 3 is 2.62 bits per heavy atom. The summed E-state index contributed by atoms with van der Waals surface area (Å²) < 4.78 is 27.9. The third-order valence-corrected chi connectivity index (χ3v) is 14.6. The summed E-state index contributed by atoms with van der Waals surface area (Å²) in [6.45, 7) is 8.20. The number of anilines is 2. The van der Waals surface area contributed by atoms with Gasteiger partial charge in [0.2, 0.25) is 17.7 Å². The minimum Gasteiger partial charge on any atom is -0.495 e. The third-order valence-electron chi connectivity index (χ3n) is 14.1. The lowest BCUT2D eigenvalue weighted by atomic mass is 9.63. The molecule has 354 valence electrons. The molecule has 9 rings (SSSR count). The van der Waals surface area contributed by atoms with Gasteiger partial charge in [-0.05, 0) is 89.9 Å². The Hall–Kier alpha value is -5.98. The molecule has 68 heavy (non-hydrogen) atoms. The predicted molar refractivity (Wildman–Crippen MR) is 256 cm³/mol. The normalized spacial score (nSPS) is 25.2. The summed E-state index contributed by atoms with van der Waals surface area (Å²) in [6, 6.07) is 18.8. The molecule has 7 atom stereocenters. The summed E-state index contributed by atoms with van der Waals surface area (Å²) in [5.41, 5.74) is 3.69. The van der Waals surface area contributed by atoms with Gasteiger partial charge in [-0.15, -0.1) is 0 Å². The van der Waals surface area contributed by atoms with Gasteiger partial charge < -0.3 is 35.6 Å². The van der Waals surface area contributed by atoms with Crippen LogP contribution < -0.4 is 31.3 Å². The first-order valence-electron chi connectivity index (χ1n) is 22.9. The first-order valence-corrected chi connectivity index (χ1v) is 23.7. The number of imide groups is 1. The second kappa shape index (κ2) is 18.8. The molecule has 1 spiro atoms. The van der Waals surface area contributed by atoms with Gasteiger partial charge in [0.25, 0.3) is 11.8 Å². The van der Waals surface area contributed by atoms with Crippen LogP contribution in [0.5, 0.6) is 5.75 Å². The maximum atomic E-state index is 16.3. The topological polar surface area (TPSA) is 167 Å². The summed E-state index contributed by atoms with van der Waals surface area (Å²) in [5, 5.41) is 16.1. The number of methoxy groups -OCH3 is 1. The first kappa shape index (κ1) is 47.1. The lowest BCUT2D eigenvalue weighted by Crippen LogP contribution is -2.52. The van der Waals surface area contributed by atoms with Crippen molar-refractivity contribution in [3.05, 3.63) is 122 Å². The Morgan fingerprint density at radius 2 is 1.84 bits per heavy atom. The van der Waals surface area contributed by atoms with Gasteiger partial charge in [-0.1, -0.05) is 80.1 Å². The maximum Gasteiger partial charge on any atom is 0.255 e. The van der Waals surface area contributed by atoms with Crippen molar-refractivity contribution in [2.24, 2.45) is 17.3 Å². The summed E-state index contributed by atoms with van der Waals surface area (Å²) in [5.74, 6) is 3.54. The SMILES string of the molecule is COc1cc(C(=O)NC[C@H]2COCC[C@@H]2C#Cc2cccc3c2CN(C2CCC(=O)NC2=O)C3=O)ccc1NC(=O)[C@@H]1N[C@@H](CC(C)(C)C)[C@@]2(CNc3cc(Cl)ccc32)[C@H]1c1cccc(Cl)c1F. The largest absolute Gasteiger partial charge is 0.495 e. The molecule has 3 saturated heterocycles. The molecular weight excluding hydrogens is 911 g/mol. The maximum absolute atomic E-state index is 16.3. The number of halogens is 3. The van der Waals surface area contributed by atoms with Crippen molar-refractivity contribution in [3.63, 3.8) is 0 Å². The number of nitrogens with zero attached hydrogens (tertiary/aromatic N) is 1. The molecule has 16 heteroatoms. The molecule has 0 bridgehead atoms. The van der Waals surface area contributed by atoms with E-state index in [1.807, 2.05) is 24.3 Å². The van der Waals surface area contributed by atoms with Crippen molar-refractivity contribution in [2.45, 2.75) is 82.5 Å². The van der Waals surface area contributed by atoms with Crippen LogP contribution in [0.15, 0.2) is 72.8 Å². The number of amides is 5. The minimum atomic E-state index is -0.919. The van der Waals surface area contributed by atoms with Crippen LogP contribution in [0, 0.1) is 34.9 Å². The van der Waals surface area contributed by atoms with Crippen LogP contribution in [-0.2, 0) is 31.1 Å². The van der Waals surface area contributed by atoms with E-state index in [0.717, 1.165) is 16.8 Å². The van der Waals surface area contributed by atoms with Gasteiger partial charge in [0, 0.05) is 89.3 Å². The van der Waals surface area contributed by atoms with Crippen LogP contribution in [-0.4, -0.2) is 86.0 Å². The number of hydrogen-bond donors (Lipinski definition) is 5. The summed E-state index contributed by atoms with van der Waals surface area (Å²) in [4.78, 5) is 67.7. The number of ether oxygens (including phenoxy) is 2. The van der Waals surface area contributed by atoms with E-state index in [4.69, 9.17) is 32.7 Å². The average Bonchev–Trinajstić information content (AvgIpc) is 3.96. The molecular formula is C52H53Cl2FN6O7. The minimum absolute atomic E-state index is 0.0382. The molecule has 5 N–H and O–H groups in total. The summed E-state index contributed by atoms with van der Waals surface area (Å²) in [6.07, 6.45) is 1.74. The van der Waals surface area contributed by atoms with Gasteiger partial charge in [-0.3, -0.25) is 29.3 Å². The molecule has 0 aliphatic carbocycles. The van der Waals surface area contributed by atoms with Crippen molar-refractivity contribution in [1.82, 2.24) is 20.9 Å². The standard InChI is InChI=1S/C52H53Cl2FN6O7/c1-51(2,3)23-42-52(27-57-39-22-32(53)14-15-36(39)52)44(34-9-6-10-37(54)45(34)55)46(59-42)49(65)58-38-16-13-30(21-41(38)67-4)47(63)56-24-31-26-68-20-19-28(31)11-12-29-7-5-8-33-35(29)25-61(50(33)66)40-17-18-43(62)60-48(40)64/h5-10,13-16,21-22,28,31,40,42,44,46,57,59H,17-20,23-27H2,1-4H3,(H,56,63)(H,58,65)(H,60,62,64)/t28-,31-,40?,42-,44-,46+,52-/m0/s1. The number of benzene rings is 4. The highest BCUT2D eigenvalue weighted by molar-refractivity contribution is 6.31. The van der Waals surface area contributed by atoms with Gasteiger partial charge in [0.15, 0.2) is 0 Å². The zero-order chi connectivity index (χ0) is 48.1. The molecule has 0 saturated carbocycles. The third kappa shape index (κ3) is 8.93. The second-order valence-corrected chi connectivity index (χ2v) is 20.4. The van der Waals surface area contributed by atoms with Crippen molar-refractivity contribution < 1.29 is 37.8 Å². The number of carbonyl (C=O) groups excluding carboxylic acids is 5. The number of hydrogen-bond acceptors (Lipinski definition) is 9. The van der Waals surface area contributed by atoms with Gasteiger partial charge in [-0.25, -0.2) is 4.39 Å². The Kier molecular flexibility index (Phi) is 13.0. The van der Waals surface area contributed by atoms with Gasteiger partial charge in [-0.2, -0.15) is 0 Å². The van der Waals surface area contributed by atoms with Crippen LogP contribution >= 0.6 is 23.2 Å². The molecule has 5 amide bonds. The number of nitrogens with one attached hydrogen (secondary N) is 5. The molecule has 4 aromatic carbocycles. The number of carbonyl (C=O) groups is 5. The predicted octanol–water partition coefficient (Wildman–Crippen LogP) is 7.20. The van der Waals surface area contributed by atoms with Crippen LogP contribution in [0.4, 0.5) is 15.8 Å². The zero-order valence-electron chi connectivity index (χ0n) is 38.2. The van der Waals surface area contributed by atoms with E-state index in [2.05, 4.69) is 59.2 Å². The Labute approximate surface area is 404 Å². The molecule has 5 aliphatic heterocycles. The smallest absolute Gasteiger partial charge is 0.255 e. The lowest BCUT2D eigenvalue weighted by molar-refractivity contribution is -0.137. The molecule has 1 unspecified atom stereocenters. The van der Waals surface area contributed by atoms with E-state index in [1.54, 1.807) is 42.5 Å².